The Morgan fingerprint density at radius 3 is 2.08 bits per heavy atom. The van der Waals surface area contributed by atoms with Crippen LogP contribution in [-0.2, 0) is 6.18 Å². The zero-order valence-corrected chi connectivity index (χ0v) is 16.7. The molecule has 13 heteroatoms. The molecule has 0 aliphatic heterocycles. The van der Waals surface area contributed by atoms with Gasteiger partial charge in [0, 0.05) is 0 Å². The van der Waals surface area contributed by atoms with Crippen LogP contribution in [-0.4, -0.2) is 13.7 Å². The lowest BCUT2D eigenvalue weighted by Gasteiger charge is -2.13. The number of hydrogen-bond acceptors (Lipinski definition) is 3. The summed E-state index contributed by atoms with van der Waals surface area (Å²) in [6, 6.07) is 2.99. The lowest BCUT2D eigenvalue weighted by molar-refractivity contribution is -0.137. The second kappa shape index (κ2) is 7.33. The molecule has 0 bridgehead atoms. The first-order chi connectivity index (χ1) is 11.3. The molecule has 0 radical (unpaired) electrons. The monoisotopic (exact) mass is 515 g/mol. The first-order valence-electron chi connectivity index (χ1n) is 5.86. The van der Waals surface area contributed by atoms with Crippen molar-refractivity contribution >= 4 is 74.1 Å². The molecule has 0 aliphatic carbocycles. The molecule has 0 amide bonds. The summed E-state index contributed by atoms with van der Waals surface area (Å²) in [7, 11) is 0. The zero-order chi connectivity index (χ0) is 19.2. The summed E-state index contributed by atoms with van der Waals surface area (Å²) >= 11 is 25.7. The molecule has 134 valence electrons. The van der Waals surface area contributed by atoms with E-state index in [0.29, 0.717) is 12.1 Å². The molecule has 0 unspecified atom stereocenters. The predicted octanol–water partition coefficient (Wildman–Crippen LogP) is 6.98. The number of alkyl halides is 6. The minimum Gasteiger partial charge on any atom is -0.221 e. The quantitative estimate of drug-likeness (QED) is 0.250. The van der Waals surface area contributed by atoms with Crippen molar-refractivity contribution in [1.82, 2.24) is 9.78 Å². The average Bonchev–Trinajstić information content (AvgIpc) is 2.73. The van der Waals surface area contributed by atoms with Gasteiger partial charge >= 0.3 is 10.1 Å². The van der Waals surface area contributed by atoms with Crippen molar-refractivity contribution in [3.63, 3.8) is 0 Å². The van der Waals surface area contributed by atoms with Crippen molar-refractivity contribution in [2.75, 3.05) is 0 Å². The summed E-state index contributed by atoms with van der Waals surface area (Å²) in [5, 5.41) is 12.2. The number of nitrogens with zero attached hydrogens (tertiary/aromatic N) is 3. The standard InChI is InChI=1S/C12H2BrCl4F4N3S/c13-10-9(25-12(16,17)21)7(3-22)23-24(10)8-5(14)1-4(2-6(8)15)11(18,19)20/h1-2H. The van der Waals surface area contributed by atoms with Gasteiger partial charge in [0.1, 0.15) is 16.4 Å². The largest absolute Gasteiger partial charge is 0.416 e. The van der Waals surface area contributed by atoms with Gasteiger partial charge in [-0.1, -0.05) is 46.4 Å². The lowest BCUT2D eigenvalue weighted by atomic mass is 10.2. The lowest BCUT2D eigenvalue weighted by Crippen LogP contribution is -2.07. The normalized spacial score (nSPS) is 12.3. The fourth-order valence-electron chi connectivity index (χ4n) is 1.74. The van der Waals surface area contributed by atoms with Crippen LogP contribution in [0.1, 0.15) is 11.3 Å². The molecule has 0 N–H and O–H groups in total. The molecule has 1 aromatic heterocycles. The van der Waals surface area contributed by atoms with Gasteiger partial charge in [-0.2, -0.15) is 27.9 Å². The van der Waals surface area contributed by atoms with Crippen molar-refractivity contribution in [3.8, 4) is 11.8 Å². The fraction of sp³-hybridized carbons (Fsp3) is 0.167. The molecule has 1 heterocycles. The summed E-state index contributed by atoms with van der Waals surface area (Å²) in [6.45, 7) is 0. The Labute approximate surface area is 170 Å². The molecule has 3 nitrogen and oxygen atoms in total. The Hall–Kier alpha value is -0.370. The molecule has 1 aromatic carbocycles. The van der Waals surface area contributed by atoms with E-state index in [0.717, 1.165) is 4.68 Å². The fourth-order valence-corrected chi connectivity index (χ4v) is 4.12. The van der Waals surface area contributed by atoms with Gasteiger partial charge in [-0.3, -0.25) is 0 Å². The molecule has 0 fully saturated rings. The second-order valence-corrected chi connectivity index (χ2v) is 8.75. The first kappa shape index (κ1) is 20.9. The van der Waals surface area contributed by atoms with E-state index in [2.05, 4.69) is 21.0 Å². The highest BCUT2D eigenvalue weighted by molar-refractivity contribution is 9.10. The van der Waals surface area contributed by atoms with E-state index in [1.165, 1.54) is 0 Å². The SMILES string of the molecule is N#Cc1nn(-c2c(Cl)cc(C(F)(F)F)cc2Cl)c(Br)c1SC(F)(Cl)Cl. The maximum absolute atomic E-state index is 13.5. The number of nitriles is 1. The van der Waals surface area contributed by atoms with Crippen LogP contribution in [0.15, 0.2) is 21.6 Å². The summed E-state index contributed by atoms with van der Waals surface area (Å²) in [4.78, 5) is -0.0815. The van der Waals surface area contributed by atoms with E-state index in [1.54, 1.807) is 6.07 Å². The third-order valence-electron chi connectivity index (χ3n) is 2.67. The van der Waals surface area contributed by atoms with E-state index >= 15 is 0 Å². The first-order valence-corrected chi connectivity index (χ1v) is 8.98. The molecule has 2 rings (SSSR count). The van der Waals surface area contributed by atoms with Crippen molar-refractivity contribution in [1.29, 1.82) is 5.26 Å². The maximum atomic E-state index is 13.5. The van der Waals surface area contributed by atoms with Gasteiger partial charge in [0.15, 0.2) is 5.69 Å². The van der Waals surface area contributed by atoms with E-state index in [1.807, 2.05) is 0 Å². The van der Waals surface area contributed by atoms with E-state index in [9.17, 15) is 17.6 Å². The maximum Gasteiger partial charge on any atom is 0.416 e. The van der Waals surface area contributed by atoms with Crippen LogP contribution >= 0.6 is 74.1 Å². The van der Waals surface area contributed by atoms with Gasteiger partial charge in [0.05, 0.1) is 20.5 Å². The number of aromatic nitrogens is 2. The minimum atomic E-state index is -4.66. The van der Waals surface area contributed by atoms with Gasteiger partial charge in [-0.25, -0.2) is 4.68 Å². The van der Waals surface area contributed by atoms with Crippen molar-refractivity contribution in [2.24, 2.45) is 0 Å². The molecule has 0 atom stereocenters. The summed E-state index contributed by atoms with van der Waals surface area (Å²) in [5.41, 5.74) is -1.48. The van der Waals surface area contributed by atoms with Crippen molar-refractivity contribution in [3.05, 3.63) is 38.0 Å². The summed E-state index contributed by atoms with van der Waals surface area (Å²) in [6.07, 6.45) is -4.66. The van der Waals surface area contributed by atoms with Gasteiger partial charge in [-0.15, -0.1) is 0 Å². The van der Waals surface area contributed by atoms with Gasteiger partial charge in [0.25, 0.3) is 0 Å². The third kappa shape index (κ3) is 4.67. The number of halogens is 9. The Kier molecular flexibility index (Phi) is 6.14. The van der Waals surface area contributed by atoms with Crippen LogP contribution < -0.4 is 0 Å². The summed E-state index contributed by atoms with van der Waals surface area (Å²) < 4.78 is 50.1. The number of rotatable bonds is 3. The minimum absolute atomic E-state index is 0.0130. The summed E-state index contributed by atoms with van der Waals surface area (Å²) in [5.74, 6) is 0. The highest BCUT2D eigenvalue weighted by Gasteiger charge is 2.34. The number of thioether (sulfide) groups is 1. The molecular formula is C12H2BrCl4F4N3S. The van der Waals surface area contributed by atoms with Gasteiger partial charge in [0.2, 0.25) is 0 Å². The molecular weight excluding hydrogens is 516 g/mol. The highest BCUT2D eigenvalue weighted by Crippen LogP contribution is 2.47. The van der Waals surface area contributed by atoms with Crippen LogP contribution in [0.2, 0.25) is 10.0 Å². The van der Waals surface area contributed by atoms with Crippen LogP contribution in [0.3, 0.4) is 0 Å². The highest BCUT2D eigenvalue weighted by atomic mass is 79.9. The number of hydrogen-bond donors (Lipinski definition) is 0. The Balaban J connectivity index is 2.66. The second-order valence-electron chi connectivity index (χ2n) is 4.33. The van der Waals surface area contributed by atoms with Gasteiger partial charge in [-0.05, 0) is 39.8 Å². The zero-order valence-electron chi connectivity index (χ0n) is 11.3. The van der Waals surface area contributed by atoms with Crippen LogP contribution in [0.5, 0.6) is 0 Å². The topological polar surface area (TPSA) is 41.6 Å². The van der Waals surface area contributed by atoms with Crippen molar-refractivity contribution in [2.45, 2.75) is 15.0 Å². The predicted molar refractivity (Wildman–Crippen MR) is 92.4 cm³/mol. The molecule has 0 aliphatic rings. The van der Waals surface area contributed by atoms with Crippen LogP contribution in [0.25, 0.3) is 5.69 Å². The van der Waals surface area contributed by atoms with E-state index < -0.39 is 15.7 Å². The average molecular weight is 518 g/mol. The smallest absolute Gasteiger partial charge is 0.221 e. The van der Waals surface area contributed by atoms with Crippen LogP contribution in [0, 0.1) is 11.3 Å². The molecule has 0 saturated carbocycles. The molecule has 0 saturated heterocycles. The molecule has 2 aromatic rings. The van der Waals surface area contributed by atoms with E-state index in [4.69, 9.17) is 51.7 Å². The Morgan fingerprint density at radius 1 is 1.16 bits per heavy atom. The molecule has 0 spiro atoms. The van der Waals surface area contributed by atoms with Crippen LogP contribution in [0.4, 0.5) is 17.6 Å². The Bertz CT molecular complexity index is 850. The number of benzene rings is 1. The molecule has 25 heavy (non-hydrogen) atoms. The van der Waals surface area contributed by atoms with E-state index in [-0.39, 0.29) is 42.7 Å². The van der Waals surface area contributed by atoms with Crippen molar-refractivity contribution < 1.29 is 17.6 Å². The Morgan fingerprint density at radius 2 is 1.68 bits per heavy atom. The van der Waals surface area contributed by atoms with Gasteiger partial charge < -0.3 is 0 Å². The third-order valence-corrected chi connectivity index (χ3v) is 5.52.